The summed E-state index contributed by atoms with van der Waals surface area (Å²) in [6, 6.07) is 15.8. The summed E-state index contributed by atoms with van der Waals surface area (Å²) in [5.41, 5.74) is 3.00. The van der Waals surface area contributed by atoms with E-state index in [-0.39, 0.29) is 19.6 Å². The quantitative estimate of drug-likeness (QED) is 0.309. The Morgan fingerprint density at radius 1 is 0.793 bits per heavy atom. The molecule has 0 saturated carbocycles. The van der Waals surface area contributed by atoms with Gasteiger partial charge in [0.1, 0.15) is 5.75 Å². The molecule has 29 heavy (non-hydrogen) atoms. The molecule has 0 radical (unpaired) electrons. The molecular formula is C24H30O5. The van der Waals surface area contributed by atoms with E-state index in [0.29, 0.717) is 0 Å². The maximum Gasteiger partial charge on any atom is 0.320 e. The summed E-state index contributed by atoms with van der Waals surface area (Å²) in [5.74, 6) is -1.17. The summed E-state index contributed by atoms with van der Waals surface area (Å²) in [5, 5.41) is 0. The Bertz CT molecular complexity index is 747. The highest BCUT2D eigenvalue weighted by molar-refractivity contribution is 5.95. The van der Waals surface area contributed by atoms with Gasteiger partial charge in [0.15, 0.2) is 5.92 Å². The Balaban J connectivity index is 2.06. The number of hydrogen-bond donors (Lipinski definition) is 0. The highest BCUT2D eigenvalue weighted by atomic mass is 16.6. The predicted molar refractivity (Wildman–Crippen MR) is 113 cm³/mol. The molecule has 2 aromatic rings. The van der Waals surface area contributed by atoms with Gasteiger partial charge >= 0.3 is 11.9 Å². The Morgan fingerprint density at radius 3 is 1.79 bits per heavy atom. The van der Waals surface area contributed by atoms with E-state index in [9.17, 15) is 9.59 Å². The fraction of sp³-hybridized carbons (Fsp3) is 0.417. The van der Waals surface area contributed by atoms with E-state index in [0.717, 1.165) is 41.9 Å². The van der Waals surface area contributed by atoms with Gasteiger partial charge in [-0.05, 0) is 55.5 Å². The highest BCUT2D eigenvalue weighted by Gasteiger charge is 2.29. The number of rotatable bonds is 11. The Hall–Kier alpha value is -2.82. The second-order valence-corrected chi connectivity index (χ2v) is 6.68. The van der Waals surface area contributed by atoms with E-state index in [1.165, 1.54) is 0 Å². The molecule has 0 unspecified atom stereocenters. The van der Waals surface area contributed by atoms with Gasteiger partial charge in [-0.15, -0.1) is 0 Å². The van der Waals surface area contributed by atoms with Crippen molar-refractivity contribution in [1.82, 2.24) is 0 Å². The molecule has 5 nitrogen and oxygen atoms in total. The van der Waals surface area contributed by atoms with Gasteiger partial charge in [-0.25, -0.2) is 0 Å². The molecule has 0 spiro atoms. The zero-order valence-corrected chi connectivity index (χ0v) is 17.5. The standard InChI is InChI=1S/C24H30O5/c1-4-7-16-29-21-14-12-20(13-15-21)19-10-8-18(9-11-19)17-22(23(25)27-5-2)24(26)28-6-3/h8-15,22H,4-7,16-17H2,1-3H3. The number of hydrogen-bond acceptors (Lipinski definition) is 5. The first-order valence-electron chi connectivity index (χ1n) is 10.2. The van der Waals surface area contributed by atoms with Gasteiger partial charge in [0.2, 0.25) is 0 Å². The molecule has 5 heteroatoms. The van der Waals surface area contributed by atoms with Crippen molar-refractivity contribution in [3.05, 3.63) is 54.1 Å². The molecule has 156 valence electrons. The lowest BCUT2D eigenvalue weighted by Gasteiger charge is -2.14. The first-order valence-corrected chi connectivity index (χ1v) is 10.2. The molecule has 0 bridgehead atoms. The van der Waals surface area contributed by atoms with E-state index in [1.54, 1.807) is 13.8 Å². The molecule has 0 saturated heterocycles. The molecule has 0 heterocycles. The lowest BCUT2D eigenvalue weighted by Crippen LogP contribution is -2.30. The molecule has 0 amide bonds. The first-order chi connectivity index (χ1) is 14.1. The third kappa shape index (κ3) is 6.93. The van der Waals surface area contributed by atoms with Crippen LogP contribution in [0.1, 0.15) is 39.2 Å². The maximum absolute atomic E-state index is 12.1. The normalized spacial score (nSPS) is 10.6. The van der Waals surface area contributed by atoms with Gasteiger partial charge in [0, 0.05) is 0 Å². The van der Waals surface area contributed by atoms with Gasteiger partial charge in [-0.1, -0.05) is 49.7 Å². The average Bonchev–Trinajstić information content (AvgIpc) is 2.73. The fourth-order valence-corrected chi connectivity index (χ4v) is 2.90. The molecule has 2 aromatic carbocycles. The lowest BCUT2D eigenvalue weighted by molar-refractivity contribution is -0.161. The summed E-state index contributed by atoms with van der Waals surface area (Å²) in [7, 11) is 0. The lowest BCUT2D eigenvalue weighted by atomic mass is 9.97. The fourth-order valence-electron chi connectivity index (χ4n) is 2.90. The topological polar surface area (TPSA) is 61.8 Å². The van der Waals surface area contributed by atoms with Crippen molar-refractivity contribution in [2.24, 2.45) is 5.92 Å². The summed E-state index contributed by atoms with van der Waals surface area (Å²) < 4.78 is 15.8. The van der Waals surface area contributed by atoms with E-state index in [4.69, 9.17) is 14.2 Å². The number of carbonyl (C=O) groups excluding carboxylic acids is 2. The minimum Gasteiger partial charge on any atom is -0.494 e. The predicted octanol–water partition coefficient (Wildman–Crippen LogP) is 4.82. The van der Waals surface area contributed by atoms with Crippen molar-refractivity contribution in [2.75, 3.05) is 19.8 Å². The Kier molecular flexibility index (Phi) is 9.22. The van der Waals surface area contributed by atoms with Gasteiger partial charge in [0.25, 0.3) is 0 Å². The van der Waals surface area contributed by atoms with E-state index >= 15 is 0 Å². The van der Waals surface area contributed by atoms with E-state index in [2.05, 4.69) is 6.92 Å². The molecule has 0 aliphatic carbocycles. The molecular weight excluding hydrogens is 368 g/mol. The van der Waals surface area contributed by atoms with Crippen molar-refractivity contribution < 1.29 is 23.8 Å². The van der Waals surface area contributed by atoms with Crippen molar-refractivity contribution in [3.8, 4) is 16.9 Å². The minimum atomic E-state index is -0.944. The summed E-state index contributed by atoms with van der Waals surface area (Å²) >= 11 is 0. The van der Waals surface area contributed by atoms with E-state index in [1.807, 2.05) is 48.5 Å². The van der Waals surface area contributed by atoms with Crippen LogP contribution in [0.5, 0.6) is 5.75 Å². The van der Waals surface area contributed by atoms with Crippen LogP contribution in [0.4, 0.5) is 0 Å². The van der Waals surface area contributed by atoms with Crippen LogP contribution < -0.4 is 4.74 Å². The molecule has 0 N–H and O–H groups in total. The third-order valence-corrected chi connectivity index (χ3v) is 4.49. The van der Waals surface area contributed by atoms with Crippen LogP contribution in [-0.4, -0.2) is 31.8 Å². The number of ether oxygens (including phenoxy) is 3. The van der Waals surface area contributed by atoms with Crippen molar-refractivity contribution in [3.63, 3.8) is 0 Å². The third-order valence-electron chi connectivity index (χ3n) is 4.49. The number of benzene rings is 2. The van der Waals surface area contributed by atoms with Gasteiger partial charge in [0.05, 0.1) is 19.8 Å². The van der Waals surface area contributed by atoms with Crippen LogP contribution in [0, 0.1) is 5.92 Å². The van der Waals surface area contributed by atoms with Crippen LogP contribution in [0.15, 0.2) is 48.5 Å². The van der Waals surface area contributed by atoms with Crippen LogP contribution in [0.25, 0.3) is 11.1 Å². The van der Waals surface area contributed by atoms with Crippen LogP contribution in [0.3, 0.4) is 0 Å². The molecule has 0 aromatic heterocycles. The van der Waals surface area contributed by atoms with E-state index < -0.39 is 17.9 Å². The monoisotopic (exact) mass is 398 g/mol. The SMILES string of the molecule is CCCCOc1ccc(-c2ccc(CC(C(=O)OCC)C(=O)OCC)cc2)cc1. The maximum atomic E-state index is 12.1. The smallest absolute Gasteiger partial charge is 0.320 e. The van der Waals surface area contributed by atoms with Gasteiger partial charge in [-0.2, -0.15) is 0 Å². The van der Waals surface area contributed by atoms with Gasteiger partial charge < -0.3 is 14.2 Å². The van der Waals surface area contributed by atoms with Crippen LogP contribution in [-0.2, 0) is 25.5 Å². The highest BCUT2D eigenvalue weighted by Crippen LogP contribution is 2.24. The largest absolute Gasteiger partial charge is 0.494 e. The molecule has 0 aliphatic rings. The van der Waals surface area contributed by atoms with Gasteiger partial charge in [-0.3, -0.25) is 9.59 Å². The molecule has 0 fully saturated rings. The Morgan fingerprint density at radius 2 is 1.31 bits per heavy atom. The summed E-state index contributed by atoms with van der Waals surface area (Å²) in [6.07, 6.45) is 2.40. The molecule has 2 rings (SSSR count). The number of esters is 2. The molecule has 0 atom stereocenters. The zero-order valence-electron chi connectivity index (χ0n) is 17.5. The number of carbonyl (C=O) groups is 2. The first kappa shape index (κ1) is 22.5. The van der Waals surface area contributed by atoms with Crippen molar-refractivity contribution in [1.29, 1.82) is 0 Å². The zero-order chi connectivity index (χ0) is 21.1. The Labute approximate surface area is 173 Å². The van der Waals surface area contributed by atoms with Crippen molar-refractivity contribution in [2.45, 2.75) is 40.0 Å². The molecule has 0 aliphatic heterocycles. The van der Waals surface area contributed by atoms with Crippen molar-refractivity contribution >= 4 is 11.9 Å². The summed E-state index contributed by atoms with van der Waals surface area (Å²) in [6.45, 7) is 6.76. The van der Waals surface area contributed by atoms with Crippen LogP contribution >= 0.6 is 0 Å². The average molecular weight is 398 g/mol. The second kappa shape index (κ2) is 11.9. The van der Waals surface area contributed by atoms with Crippen LogP contribution in [0.2, 0.25) is 0 Å². The number of unbranched alkanes of at least 4 members (excludes halogenated alkanes) is 1. The minimum absolute atomic E-state index is 0.228. The summed E-state index contributed by atoms with van der Waals surface area (Å²) in [4.78, 5) is 24.3. The second-order valence-electron chi connectivity index (χ2n) is 6.68.